The lowest BCUT2D eigenvalue weighted by molar-refractivity contribution is -0.120. The van der Waals surface area contributed by atoms with Crippen molar-refractivity contribution in [3.63, 3.8) is 0 Å². The van der Waals surface area contributed by atoms with Crippen LogP contribution in [0.2, 0.25) is 5.28 Å². The van der Waals surface area contributed by atoms with E-state index in [1.54, 1.807) is 29.7 Å². The molecule has 9 heteroatoms. The van der Waals surface area contributed by atoms with Crippen molar-refractivity contribution in [3.05, 3.63) is 64.4 Å². The Kier molecular flexibility index (Phi) is 7.75. The van der Waals surface area contributed by atoms with Crippen molar-refractivity contribution in [2.75, 3.05) is 25.0 Å². The summed E-state index contributed by atoms with van der Waals surface area (Å²) >= 11 is 7.52. The fourth-order valence-corrected chi connectivity index (χ4v) is 3.53. The Morgan fingerprint density at radius 2 is 1.90 bits per heavy atom. The first kappa shape index (κ1) is 21.7. The molecule has 0 saturated heterocycles. The predicted octanol–water partition coefficient (Wildman–Crippen LogP) is 3.52. The molecule has 2 heterocycles. The number of aromatic nitrogens is 2. The minimum atomic E-state index is -0.270. The van der Waals surface area contributed by atoms with Gasteiger partial charge in [-0.25, -0.2) is 9.97 Å². The highest BCUT2D eigenvalue weighted by molar-refractivity contribution is 7.13. The summed E-state index contributed by atoms with van der Waals surface area (Å²) in [5, 5.41) is 10.8. The van der Waals surface area contributed by atoms with Crippen LogP contribution < -0.4 is 16.0 Å². The number of benzene rings is 1. The summed E-state index contributed by atoms with van der Waals surface area (Å²) < 4.78 is 0. The fourth-order valence-electron chi connectivity index (χ4n) is 2.66. The second-order valence-electron chi connectivity index (χ2n) is 6.56. The summed E-state index contributed by atoms with van der Waals surface area (Å²) in [5.74, 6) is 0.155. The van der Waals surface area contributed by atoms with Gasteiger partial charge in [0.2, 0.25) is 11.2 Å². The molecule has 0 bridgehead atoms. The maximum absolute atomic E-state index is 12.0. The van der Waals surface area contributed by atoms with Gasteiger partial charge in [-0.05, 0) is 48.5 Å². The van der Waals surface area contributed by atoms with Gasteiger partial charge < -0.3 is 16.0 Å². The first-order valence-electron chi connectivity index (χ1n) is 9.45. The largest absolute Gasteiger partial charge is 0.369 e. The van der Waals surface area contributed by atoms with E-state index in [-0.39, 0.29) is 23.6 Å². The molecule has 3 rings (SSSR count). The highest BCUT2D eigenvalue weighted by atomic mass is 35.5. The maximum Gasteiger partial charge on any atom is 0.251 e. The summed E-state index contributed by atoms with van der Waals surface area (Å²) in [6.07, 6.45) is 2.38. The Balaban J connectivity index is 1.38. The molecule has 0 saturated carbocycles. The van der Waals surface area contributed by atoms with Crippen molar-refractivity contribution in [1.82, 2.24) is 20.6 Å². The van der Waals surface area contributed by atoms with E-state index in [1.807, 2.05) is 36.6 Å². The molecule has 0 aliphatic rings. The van der Waals surface area contributed by atoms with E-state index in [1.165, 1.54) is 0 Å². The molecule has 1 aromatic carbocycles. The normalized spacial score (nSPS) is 10.5. The first-order chi connectivity index (χ1) is 14.5. The average molecular weight is 444 g/mol. The number of nitrogens with zero attached hydrogens (tertiary/aromatic N) is 2. The van der Waals surface area contributed by atoms with Gasteiger partial charge in [-0.1, -0.05) is 23.8 Å². The molecule has 3 N–H and O–H groups in total. The zero-order chi connectivity index (χ0) is 21.3. The second kappa shape index (κ2) is 10.7. The third kappa shape index (κ3) is 6.27. The van der Waals surface area contributed by atoms with Crippen LogP contribution >= 0.6 is 22.9 Å². The van der Waals surface area contributed by atoms with Crippen LogP contribution in [0.1, 0.15) is 22.3 Å². The number of nitrogens with one attached hydrogen (secondary N) is 3. The van der Waals surface area contributed by atoms with Crippen molar-refractivity contribution in [3.8, 4) is 10.4 Å². The van der Waals surface area contributed by atoms with Gasteiger partial charge in [-0.3, -0.25) is 9.59 Å². The molecule has 0 atom stereocenters. The molecular weight excluding hydrogens is 422 g/mol. The topological polar surface area (TPSA) is 96.0 Å². The van der Waals surface area contributed by atoms with E-state index in [9.17, 15) is 9.59 Å². The number of rotatable bonds is 9. The molecule has 0 fully saturated rings. The Morgan fingerprint density at radius 3 is 2.63 bits per heavy atom. The summed E-state index contributed by atoms with van der Waals surface area (Å²) in [4.78, 5) is 33.3. The van der Waals surface area contributed by atoms with Crippen LogP contribution in [0.5, 0.6) is 0 Å². The van der Waals surface area contributed by atoms with E-state index in [0.717, 1.165) is 16.0 Å². The number of halogens is 1. The van der Waals surface area contributed by atoms with E-state index in [0.29, 0.717) is 30.9 Å². The maximum atomic E-state index is 12.0. The first-order valence-corrected chi connectivity index (χ1v) is 10.7. The standard InChI is InChI=1S/C21H22ClN5O2S/c1-14-5-7-15(8-6-14)20(29)25-13-18(28)23-9-3-10-24-19-16(12-26-21(22)27-19)17-4-2-11-30-17/h2,4-8,11-12H,3,9-10,13H2,1H3,(H,23,28)(H,25,29)(H,24,26,27). The Bertz CT molecular complexity index is 993. The lowest BCUT2D eigenvalue weighted by atomic mass is 10.1. The summed E-state index contributed by atoms with van der Waals surface area (Å²) in [5.41, 5.74) is 2.49. The molecule has 3 aromatic rings. The molecule has 0 unspecified atom stereocenters. The van der Waals surface area contributed by atoms with Crippen molar-refractivity contribution < 1.29 is 9.59 Å². The SMILES string of the molecule is Cc1ccc(C(=O)NCC(=O)NCCCNc2nc(Cl)ncc2-c2cccs2)cc1. The molecule has 0 radical (unpaired) electrons. The number of aryl methyl sites for hydroxylation is 1. The second-order valence-corrected chi connectivity index (χ2v) is 7.84. The third-order valence-electron chi connectivity index (χ3n) is 4.24. The Hall–Kier alpha value is -2.97. The Labute approximate surface area is 183 Å². The van der Waals surface area contributed by atoms with Crippen LogP contribution in [0.4, 0.5) is 5.82 Å². The highest BCUT2D eigenvalue weighted by Gasteiger charge is 2.10. The number of carbonyl (C=O) groups excluding carboxylic acids is 2. The Morgan fingerprint density at radius 1 is 1.10 bits per heavy atom. The number of amides is 2. The molecule has 0 aliphatic heterocycles. The van der Waals surface area contributed by atoms with Gasteiger partial charge in [0.05, 0.1) is 12.1 Å². The molecule has 30 heavy (non-hydrogen) atoms. The predicted molar refractivity (Wildman–Crippen MR) is 120 cm³/mol. The van der Waals surface area contributed by atoms with Crippen molar-refractivity contribution in [2.24, 2.45) is 0 Å². The number of hydrogen-bond donors (Lipinski definition) is 3. The van der Waals surface area contributed by atoms with E-state index in [4.69, 9.17) is 11.6 Å². The quantitative estimate of drug-likeness (QED) is 0.347. The smallest absolute Gasteiger partial charge is 0.251 e. The highest BCUT2D eigenvalue weighted by Crippen LogP contribution is 2.30. The van der Waals surface area contributed by atoms with Crippen LogP contribution in [0.25, 0.3) is 10.4 Å². The fraction of sp³-hybridized carbons (Fsp3) is 0.238. The zero-order valence-corrected chi connectivity index (χ0v) is 18.0. The monoisotopic (exact) mass is 443 g/mol. The number of hydrogen-bond acceptors (Lipinski definition) is 6. The van der Waals surface area contributed by atoms with Gasteiger partial charge in [0.25, 0.3) is 5.91 Å². The third-order valence-corrected chi connectivity index (χ3v) is 5.32. The van der Waals surface area contributed by atoms with Gasteiger partial charge in [-0.15, -0.1) is 11.3 Å². The van der Waals surface area contributed by atoms with Gasteiger partial charge >= 0.3 is 0 Å². The van der Waals surface area contributed by atoms with Crippen molar-refractivity contribution in [1.29, 1.82) is 0 Å². The van der Waals surface area contributed by atoms with E-state index in [2.05, 4.69) is 25.9 Å². The molecular formula is C21H22ClN5O2S. The van der Waals surface area contributed by atoms with Crippen molar-refractivity contribution >= 4 is 40.6 Å². The van der Waals surface area contributed by atoms with Crippen LogP contribution in [-0.2, 0) is 4.79 Å². The van der Waals surface area contributed by atoms with Crippen LogP contribution in [0.3, 0.4) is 0 Å². The average Bonchev–Trinajstić information content (AvgIpc) is 3.27. The molecule has 156 valence electrons. The molecule has 2 aromatic heterocycles. The number of anilines is 1. The summed E-state index contributed by atoms with van der Waals surface area (Å²) in [6, 6.07) is 11.1. The minimum Gasteiger partial charge on any atom is -0.369 e. The zero-order valence-electron chi connectivity index (χ0n) is 16.4. The van der Waals surface area contributed by atoms with Crippen LogP contribution in [0, 0.1) is 6.92 Å². The lowest BCUT2D eigenvalue weighted by Crippen LogP contribution is -2.37. The van der Waals surface area contributed by atoms with Crippen LogP contribution in [-0.4, -0.2) is 41.4 Å². The van der Waals surface area contributed by atoms with Gasteiger partial charge in [0.15, 0.2) is 0 Å². The molecule has 7 nitrogen and oxygen atoms in total. The number of carbonyl (C=O) groups is 2. The molecule has 2 amide bonds. The van der Waals surface area contributed by atoms with E-state index < -0.39 is 0 Å². The molecule has 0 spiro atoms. The van der Waals surface area contributed by atoms with Crippen LogP contribution in [0.15, 0.2) is 48.0 Å². The van der Waals surface area contributed by atoms with Gasteiger partial charge in [0, 0.05) is 29.7 Å². The summed E-state index contributed by atoms with van der Waals surface area (Å²) in [6.45, 7) is 2.96. The van der Waals surface area contributed by atoms with E-state index >= 15 is 0 Å². The molecule has 0 aliphatic carbocycles. The minimum absolute atomic E-state index is 0.0653. The van der Waals surface area contributed by atoms with Gasteiger partial charge in [-0.2, -0.15) is 0 Å². The summed E-state index contributed by atoms with van der Waals surface area (Å²) in [7, 11) is 0. The van der Waals surface area contributed by atoms with Gasteiger partial charge in [0.1, 0.15) is 5.82 Å². The van der Waals surface area contributed by atoms with Crippen molar-refractivity contribution in [2.45, 2.75) is 13.3 Å². The lowest BCUT2D eigenvalue weighted by Gasteiger charge is -2.11. The number of thiophene rings is 1.